The van der Waals surface area contributed by atoms with Crippen molar-refractivity contribution in [2.24, 2.45) is 11.8 Å². The van der Waals surface area contributed by atoms with Gasteiger partial charge in [0.25, 0.3) is 0 Å². The zero-order valence-corrected chi connectivity index (χ0v) is 11.5. The fourth-order valence-electron chi connectivity index (χ4n) is 2.34. The SMILES string of the molecule is CCCN1CC(NC(=O)C(C)C)CC(C(=O)O)C1. The van der Waals surface area contributed by atoms with E-state index in [1.54, 1.807) is 0 Å². The predicted octanol–water partition coefficient (Wildman–Crippen LogP) is 0.944. The first-order chi connectivity index (χ1) is 8.43. The molecule has 1 aliphatic rings. The molecule has 2 atom stereocenters. The van der Waals surface area contributed by atoms with Gasteiger partial charge in [-0.05, 0) is 19.4 Å². The molecule has 0 aliphatic carbocycles. The number of carbonyl (C=O) groups is 2. The van der Waals surface area contributed by atoms with E-state index in [-0.39, 0.29) is 23.8 Å². The highest BCUT2D eigenvalue weighted by Crippen LogP contribution is 2.18. The highest BCUT2D eigenvalue weighted by atomic mass is 16.4. The molecule has 0 aromatic carbocycles. The summed E-state index contributed by atoms with van der Waals surface area (Å²) in [7, 11) is 0. The molecule has 1 amide bonds. The van der Waals surface area contributed by atoms with Gasteiger partial charge in [0.1, 0.15) is 0 Å². The number of carboxylic acids is 1. The quantitative estimate of drug-likeness (QED) is 0.768. The van der Waals surface area contributed by atoms with E-state index in [0.29, 0.717) is 13.0 Å². The lowest BCUT2D eigenvalue weighted by Gasteiger charge is -2.36. The maximum Gasteiger partial charge on any atom is 0.307 e. The molecule has 5 heteroatoms. The first-order valence-electron chi connectivity index (χ1n) is 6.69. The van der Waals surface area contributed by atoms with Crippen LogP contribution in [0.15, 0.2) is 0 Å². The Hall–Kier alpha value is -1.10. The molecule has 0 spiro atoms. The van der Waals surface area contributed by atoms with Gasteiger partial charge in [-0.3, -0.25) is 9.59 Å². The molecule has 1 fully saturated rings. The molecule has 18 heavy (non-hydrogen) atoms. The summed E-state index contributed by atoms with van der Waals surface area (Å²) in [6.45, 7) is 8.00. The van der Waals surface area contributed by atoms with Gasteiger partial charge in [-0.1, -0.05) is 20.8 Å². The van der Waals surface area contributed by atoms with Crippen LogP contribution in [0.2, 0.25) is 0 Å². The first kappa shape index (κ1) is 15.0. The third-order valence-electron chi connectivity index (χ3n) is 3.29. The number of aliphatic carboxylic acids is 1. The molecular weight excluding hydrogens is 232 g/mol. The number of hydrogen-bond acceptors (Lipinski definition) is 3. The summed E-state index contributed by atoms with van der Waals surface area (Å²) in [6.07, 6.45) is 1.53. The maximum absolute atomic E-state index is 11.7. The van der Waals surface area contributed by atoms with E-state index in [4.69, 9.17) is 5.11 Å². The Morgan fingerprint density at radius 2 is 2.06 bits per heavy atom. The monoisotopic (exact) mass is 256 g/mol. The van der Waals surface area contributed by atoms with Crippen LogP contribution in [0.3, 0.4) is 0 Å². The molecule has 2 N–H and O–H groups in total. The number of nitrogens with one attached hydrogen (secondary N) is 1. The van der Waals surface area contributed by atoms with Crippen molar-refractivity contribution in [2.75, 3.05) is 19.6 Å². The van der Waals surface area contributed by atoms with E-state index in [0.717, 1.165) is 19.5 Å². The number of amides is 1. The summed E-state index contributed by atoms with van der Waals surface area (Å²) >= 11 is 0. The molecule has 0 radical (unpaired) electrons. The minimum Gasteiger partial charge on any atom is -0.481 e. The molecule has 1 heterocycles. The molecule has 1 aliphatic heterocycles. The van der Waals surface area contributed by atoms with Crippen LogP contribution in [0, 0.1) is 11.8 Å². The second-order valence-electron chi connectivity index (χ2n) is 5.39. The van der Waals surface area contributed by atoms with Gasteiger partial charge in [0, 0.05) is 25.0 Å². The highest BCUT2D eigenvalue weighted by Gasteiger charge is 2.32. The Morgan fingerprint density at radius 1 is 1.39 bits per heavy atom. The van der Waals surface area contributed by atoms with Gasteiger partial charge in [-0.15, -0.1) is 0 Å². The lowest BCUT2D eigenvalue weighted by molar-refractivity contribution is -0.144. The third-order valence-corrected chi connectivity index (χ3v) is 3.29. The molecule has 0 aromatic rings. The number of rotatable bonds is 5. The first-order valence-corrected chi connectivity index (χ1v) is 6.69. The molecule has 5 nitrogen and oxygen atoms in total. The van der Waals surface area contributed by atoms with E-state index < -0.39 is 5.97 Å². The molecule has 1 saturated heterocycles. The van der Waals surface area contributed by atoms with Gasteiger partial charge >= 0.3 is 5.97 Å². The van der Waals surface area contributed by atoms with Crippen LogP contribution in [0.5, 0.6) is 0 Å². The van der Waals surface area contributed by atoms with Gasteiger partial charge in [0.15, 0.2) is 0 Å². The Balaban J connectivity index is 2.60. The fourth-order valence-corrected chi connectivity index (χ4v) is 2.34. The van der Waals surface area contributed by atoms with Crippen molar-refractivity contribution >= 4 is 11.9 Å². The summed E-state index contributed by atoms with van der Waals surface area (Å²) < 4.78 is 0. The van der Waals surface area contributed by atoms with E-state index in [2.05, 4.69) is 17.1 Å². The molecular formula is C13H24N2O3. The number of likely N-dealkylation sites (tertiary alicyclic amines) is 1. The van der Waals surface area contributed by atoms with Crippen LogP contribution in [-0.4, -0.2) is 47.6 Å². The summed E-state index contributed by atoms with van der Waals surface area (Å²) in [5.74, 6) is -1.19. The number of carboxylic acid groups (broad SMARTS) is 1. The summed E-state index contributed by atoms with van der Waals surface area (Å²) in [6, 6.07) is -0.0405. The van der Waals surface area contributed by atoms with Crippen molar-refractivity contribution in [3.05, 3.63) is 0 Å². The molecule has 0 bridgehead atoms. The zero-order chi connectivity index (χ0) is 13.7. The van der Waals surface area contributed by atoms with E-state index >= 15 is 0 Å². The Labute approximate surface area is 109 Å². The van der Waals surface area contributed by atoms with Gasteiger partial charge in [0.05, 0.1) is 5.92 Å². The van der Waals surface area contributed by atoms with Crippen molar-refractivity contribution in [3.8, 4) is 0 Å². The van der Waals surface area contributed by atoms with Gasteiger partial charge < -0.3 is 15.3 Å². The maximum atomic E-state index is 11.7. The van der Waals surface area contributed by atoms with Crippen LogP contribution in [0.25, 0.3) is 0 Å². The van der Waals surface area contributed by atoms with Crippen molar-refractivity contribution in [3.63, 3.8) is 0 Å². The molecule has 0 aromatic heterocycles. The number of carbonyl (C=O) groups excluding carboxylic acids is 1. The zero-order valence-electron chi connectivity index (χ0n) is 11.5. The molecule has 1 rings (SSSR count). The van der Waals surface area contributed by atoms with Gasteiger partial charge in [-0.25, -0.2) is 0 Å². The second kappa shape index (κ2) is 6.73. The summed E-state index contributed by atoms with van der Waals surface area (Å²) in [5, 5.41) is 12.1. The van der Waals surface area contributed by atoms with E-state index in [9.17, 15) is 9.59 Å². The second-order valence-corrected chi connectivity index (χ2v) is 5.39. The van der Waals surface area contributed by atoms with Gasteiger partial charge in [0.2, 0.25) is 5.91 Å². The smallest absolute Gasteiger partial charge is 0.307 e. The normalized spacial score (nSPS) is 25.1. The average molecular weight is 256 g/mol. The molecule has 0 saturated carbocycles. The van der Waals surface area contributed by atoms with E-state index in [1.807, 2.05) is 13.8 Å². The topological polar surface area (TPSA) is 69.6 Å². The van der Waals surface area contributed by atoms with Crippen LogP contribution in [0.1, 0.15) is 33.6 Å². The van der Waals surface area contributed by atoms with Crippen molar-refractivity contribution in [2.45, 2.75) is 39.7 Å². The van der Waals surface area contributed by atoms with Crippen LogP contribution >= 0.6 is 0 Å². The minimum absolute atomic E-state index is 0.00230. The Kier molecular flexibility index (Phi) is 5.59. The minimum atomic E-state index is -0.764. The summed E-state index contributed by atoms with van der Waals surface area (Å²) in [5.41, 5.74) is 0. The van der Waals surface area contributed by atoms with Gasteiger partial charge in [-0.2, -0.15) is 0 Å². The molecule has 2 unspecified atom stereocenters. The largest absolute Gasteiger partial charge is 0.481 e. The third kappa shape index (κ3) is 4.29. The lowest BCUT2D eigenvalue weighted by Crippen LogP contribution is -2.53. The standard InChI is InChI=1S/C13H24N2O3/c1-4-5-15-7-10(13(17)18)6-11(8-15)14-12(16)9(2)3/h9-11H,4-8H2,1-3H3,(H,14,16)(H,17,18). The molecule has 104 valence electrons. The Bertz CT molecular complexity index is 305. The van der Waals surface area contributed by atoms with Crippen molar-refractivity contribution in [1.29, 1.82) is 0 Å². The number of nitrogens with zero attached hydrogens (tertiary/aromatic N) is 1. The average Bonchev–Trinajstić information content (AvgIpc) is 2.28. The van der Waals surface area contributed by atoms with Crippen LogP contribution in [-0.2, 0) is 9.59 Å². The predicted molar refractivity (Wildman–Crippen MR) is 69.2 cm³/mol. The van der Waals surface area contributed by atoms with E-state index in [1.165, 1.54) is 0 Å². The van der Waals surface area contributed by atoms with Crippen LogP contribution in [0.4, 0.5) is 0 Å². The number of piperidine rings is 1. The van der Waals surface area contributed by atoms with Crippen molar-refractivity contribution < 1.29 is 14.7 Å². The van der Waals surface area contributed by atoms with Crippen molar-refractivity contribution in [1.82, 2.24) is 10.2 Å². The highest BCUT2D eigenvalue weighted by molar-refractivity contribution is 5.78. The fraction of sp³-hybridized carbons (Fsp3) is 0.846. The van der Waals surface area contributed by atoms with Crippen LogP contribution < -0.4 is 5.32 Å². The number of hydrogen-bond donors (Lipinski definition) is 2. The lowest BCUT2D eigenvalue weighted by atomic mass is 9.93. The Morgan fingerprint density at radius 3 is 2.56 bits per heavy atom. The summed E-state index contributed by atoms with van der Waals surface area (Å²) in [4.78, 5) is 24.9.